The van der Waals surface area contributed by atoms with Crippen molar-refractivity contribution in [3.05, 3.63) is 11.6 Å². The minimum Gasteiger partial charge on any atom is -0.478 e. The summed E-state index contributed by atoms with van der Waals surface area (Å²) in [7, 11) is 0. The number of aliphatic hydroxyl groups is 1. The first-order chi connectivity index (χ1) is 6.59. The van der Waals surface area contributed by atoms with E-state index in [1.54, 1.807) is 13.0 Å². The predicted octanol–water partition coefficient (Wildman–Crippen LogP) is 1.42. The molecule has 3 nitrogen and oxygen atoms in total. The van der Waals surface area contributed by atoms with Crippen LogP contribution >= 0.6 is 0 Å². The molecule has 0 radical (unpaired) electrons. The highest BCUT2D eigenvalue weighted by atomic mass is 16.4. The number of rotatable bonds is 2. The smallest absolute Gasteiger partial charge is 0.330 e. The first kappa shape index (κ1) is 9.71. The van der Waals surface area contributed by atoms with E-state index in [9.17, 15) is 9.90 Å². The normalized spacial score (nSPS) is 41.7. The fraction of sp³-hybridized carbons (Fsp3) is 0.727. The van der Waals surface area contributed by atoms with Crippen LogP contribution < -0.4 is 0 Å². The Kier molecular flexibility index (Phi) is 2.35. The summed E-state index contributed by atoms with van der Waals surface area (Å²) in [6.45, 7) is 1.60. The Bertz CT molecular complexity index is 280. The van der Waals surface area contributed by atoms with Gasteiger partial charge < -0.3 is 10.2 Å². The fourth-order valence-corrected chi connectivity index (χ4v) is 2.90. The van der Waals surface area contributed by atoms with Crippen molar-refractivity contribution in [1.82, 2.24) is 0 Å². The van der Waals surface area contributed by atoms with Crippen LogP contribution in [0.3, 0.4) is 0 Å². The second-order valence-electron chi connectivity index (χ2n) is 4.56. The summed E-state index contributed by atoms with van der Waals surface area (Å²) in [6, 6.07) is 0. The van der Waals surface area contributed by atoms with Crippen molar-refractivity contribution in [1.29, 1.82) is 0 Å². The standard InChI is InChI=1S/C11H16O3/c1-6(11(13)14)4-9-7-2-3-8(5-7)10(9)12/h4,7-10,12H,2-3,5H2,1H3,(H,13,14). The van der Waals surface area contributed by atoms with Crippen molar-refractivity contribution in [2.75, 3.05) is 0 Å². The molecule has 4 unspecified atom stereocenters. The molecule has 0 heterocycles. The lowest BCUT2D eigenvalue weighted by Crippen LogP contribution is -2.26. The maximum absolute atomic E-state index is 10.7. The van der Waals surface area contributed by atoms with Gasteiger partial charge in [0, 0.05) is 11.5 Å². The molecule has 14 heavy (non-hydrogen) atoms. The van der Waals surface area contributed by atoms with Crippen LogP contribution in [0.5, 0.6) is 0 Å². The fourth-order valence-electron chi connectivity index (χ4n) is 2.90. The zero-order valence-electron chi connectivity index (χ0n) is 8.31. The van der Waals surface area contributed by atoms with Gasteiger partial charge in [-0.1, -0.05) is 6.08 Å². The number of aliphatic carboxylic acids is 1. The van der Waals surface area contributed by atoms with Gasteiger partial charge >= 0.3 is 5.97 Å². The molecule has 2 bridgehead atoms. The molecule has 78 valence electrons. The van der Waals surface area contributed by atoms with Crippen molar-refractivity contribution in [3.8, 4) is 0 Å². The number of carboxylic acid groups (broad SMARTS) is 1. The lowest BCUT2D eigenvalue weighted by molar-refractivity contribution is -0.132. The molecular weight excluding hydrogens is 180 g/mol. The molecule has 2 aliphatic rings. The summed E-state index contributed by atoms with van der Waals surface area (Å²) in [4.78, 5) is 10.7. The highest BCUT2D eigenvalue weighted by molar-refractivity contribution is 5.85. The van der Waals surface area contributed by atoms with E-state index >= 15 is 0 Å². The molecule has 3 heteroatoms. The van der Waals surface area contributed by atoms with E-state index < -0.39 is 5.97 Å². The number of hydrogen-bond donors (Lipinski definition) is 2. The molecule has 2 N–H and O–H groups in total. The quantitative estimate of drug-likeness (QED) is 0.657. The van der Waals surface area contributed by atoms with Crippen molar-refractivity contribution in [2.24, 2.45) is 17.8 Å². The van der Waals surface area contributed by atoms with E-state index in [2.05, 4.69) is 0 Å². The molecule has 0 aromatic heterocycles. The van der Waals surface area contributed by atoms with Crippen molar-refractivity contribution in [3.63, 3.8) is 0 Å². The third kappa shape index (κ3) is 1.46. The summed E-state index contributed by atoms with van der Waals surface area (Å²) < 4.78 is 0. The Morgan fingerprint density at radius 3 is 2.50 bits per heavy atom. The SMILES string of the molecule is CC(=CC1C2CCC(C2)C1O)C(=O)O. The molecule has 2 rings (SSSR count). The van der Waals surface area contributed by atoms with Gasteiger partial charge in [-0.2, -0.15) is 0 Å². The molecule has 0 amide bonds. The van der Waals surface area contributed by atoms with Crippen LogP contribution in [0.2, 0.25) is 0 Å². The van der Waals surface area contributed by atoms with Crippen molar-refractivity contribution < 1.29 is 15.0 Å². The van der Waals surface area contributed by atoms with Gasteiger partial charge in [0.05, 0.1) is 6.10 Å². The van der Waals surface area contributed by atoms with E-state index in [4.69, 9.17) is 5.11 Å². The molecule has 4 atom stereocenters. The molecule has 0 aromatic carbocycles. The number of aliphatic hydroxyl groups excluding tert-OH is 1. The second kappa shape index (κ2) is 3.39. The van der Waals surface area contributed by atoms with Gasteiger partial charge in [-0.05, 0) is 38.0 Å². The minimum absolute atomic E-state index is 0.0878. The predicted molar refractivity (Wildman–Crippen MR) is 51.7 cm³/mol. The monoisotopic (exact) mass is 196 g/mol. The summed E-state index contributed by atoms with van der Waals surface area (Å²) in [5.74, 6) is 0.150. The molecule has 0 aliphatic heterocycles. The highest BCUT2D eigenvalue weighted by Gasteiger charge is 2.45. The summed E-state index contributed by atoms with van der Waals surface area (Å²) >= 11 is 0. The van der Waals surface area contributed by atoms with Crippen LogP contribution in [0.4, 0.5) is 0 Å². The molecule has 0 saturated heterocycles. The maximum atomic E-state index is 10.7. The zero-order valence-corrected chi connectivity index (χ0v) is 8.31. The molecule has 2 saturated carbocycles. The van der Waals surface area contributed by atoms with Crippen LogP contribution in [0, 0.1) is 17.8 Å². The lowest BCUT2D eigenvalue weighted by Gasteiger charge is -2.24. The van der Waals surface area contributed by atoms with Crippen molar-refractivity contribution >= 4 is 5.97 Å². The minimum atomic E-state index is -0.875. The first-order valence-electron chi connectivity index (χ1n) is 5.19. The van der Waals surface area contributed by atoms with Crippen LogP contribution in [0.25, 0.3) is 0 Å². The van der Waals surface area contributed by atoms with Gasteiger partial charge in [0.15, 0.2) is 0 Å². The van der Waals surface area contributed by atoms with Gasteiger partial charge in [0.25, 0.3) is 0 Å². The molecule has 0 spiro atoms. The van der Waals surface area contributed by atoms with Crippen LogP contribution in [-0.2, 0) is 4.79 Å². The number of fused-ring (bicyclic) bond motifs is 2. The largest absolute Gasteiger partial charge is 0.478 e. The topological polar surface area (TPSA) is 57.5 Å². The third-order valence-corrected chi connectivity index (χ3v) is 3.72. The van der Waals surface area contributed by atoms with Crippen LogP contribution in [0.1, 0.15) is 26.2 Å². The summed E-state index contributed by atoms with van der Waals surface area (Å²) in [5.41, 5.74) is 0.363. The average molecular weight is 196 g/mol. The first-order valence-corrected chi connectivity index (χ1v) is 5.19. The van der Waals surface area contributed by atoms with Crippen molar-refractivity contribution in [2.45, 2.75) is 32.3 Å². The molecular formula is C11H16O3. The number of carbonyl (C=O) groups is 1. The van der Waals surface area contributed by atoms with Gasteiger partial charge in [0.2, 0.25) is 0 Å². The van der Waals surface area contributed by atoms with Gasteiger partial charge in [0.1, 0.15) is 0 Å². The molecule has 0 aromatic rings. The van der Waals surface area contributed by atoms with E-state index in [0.29, 0.717) is 17.4 Å². The van der Waals surface area contributed by atoms with Crippen LogP contribution in [0.15, 0.2) is 11.6 Å². The lowest BCUT2D eigenvalue weighted by atomic mass is 9.85. The Balaban J connectivity index is 2.12. The van der Waals surface area contributed by atoms with Gasteiger partial charge in [-0.3, -0.25) is 0 Å². The zero-order chi connectivity index (χ0) is 10.3. The van der Waals surface area contributed by atoms with Gasteiger partial charge in [-0.15, -0.1) is 0 Å². The Hall–Kier alpha value is -0.830. The third-order valence-electron chi connectivity index (χ3n) is 3.72. The molecule has 2 aliphatic carbocycles. The highest BCUT2D eigenvalue weighted by Crippen LogP contribution is 2.49. The summed E-state index contributed by atoms with van der Waals surface area (Å²) in [5, 5.41) is 18.6. The molecule has 2 fully saturated rings. The van der Waals surface area contributed by atoms with Crippen LogP contribution in [-0.4, -0.2) is 22.3 Å². The second-order valence-corrected chi connectivity index (χ2v) is 4.56. The van der Waals surface area contributed by atoms with E-state index in [-0.39, 0.29) is 12.0 Å². The van der Waals surface area contributed by atoms with Gasteiger partial charge in [-0.25, -0.2) is 4.79 Å². The average Bonchev–Trinajstić information content (AvgIpc) is 2.69. The number of hydrogen-bond acceptors (Lipinski definition) is 2. The maximum Gasteiger partial charge on any atom is 0.330 e. The summed E-state index contributed by atoms with van der Waals surface area (Å²) in [6.07, 6.45) is 4.78. The number of carboxylic acids is 1. The van der Waals surface area contributed by atoms with E-state index in [1.807, 2.05) is 0 Å². The Morgan fingerprint density at radius 2 is 2.00 bits per heavy atom. The Labute approximate surface area is 83.4 Å². The van der Waals surface area contributed by atoms with E-state index in [0.717, 1.165) is 19.3 Å². The van der Waals surface area contributed by atoms with E-state index in [1.165, 1.54) is 0 Å². The Morgan fingerprint density at radius 1 is 1.36 bits per heavy atom.